The first-order chi connectivity index (χ1) is 10.9. The Morgan fingerprint density at radius 3 is 2.96 bits per heavy atom. The van der Waals surface area contributed by atoms with Crippen molar-refractivity contribution < 1.29 is 13.2 Å². The maximum atomic E-state index is 12.2. The molecule has 6 nitrogen and oxygen atoms in total. The predicted molar refractivity (Wildman–Crippen MR) is 89.8 cm³/mol. The molecule has 1 unspecified atom stereocenters. The Morgan fingerprint density at radius 1 is 1.39 bits per heavy atom. The van der Waals surface area contributed by atoms with Gasteiger partial charge in [-0.15, -0.1) is 0 Å². The standard InChI is InChI=1S/C16H21N3O3S/c17-14(8-11-9-18-15-6-2-1-5-13(11)15)16(20)19-12-4-3-7-23(21,22)10-12/h1-2,5-6,9,12,14,18H,3-4,7-8,10,17H2,(H,19,20)/t12?,14-/m0/s1. The summed E-state index contributed by atoms with van der Waals surface area (Å²) in [5, 5.41) is 3.83. The van der Waals surface area contributed by atoms with Crippen molar-refractivity contribution in [1.29, 1.82) is 0 Å². The number of hydrogen-bond donors (Lipinski definition) is 3. The number of carbonyl (C=O) groups excluding carboxylic acids is 1. The van der Waals surface area contributed by atoms with Gasteiger partial charge in [0, 0.05) is 23.1 Å². The number of aromatic amines is 1. The number of aromatic nitrogens is 1. The van der Waals surface area contributed by atoms with Gasteiger partial charge in [-0.05, 0) is 30.9 Å². The summed E-state index contributed by atoms with van der Waals surface area (Å²) in [5.41, 5.74) is 8.00. The molecule has 124 valence electrons. The molecule has 0 radical (unpaired) electrons. The second-order valence-corrected chi connectivity index (χ2v) is 8.36. The average Bonchev–Trinajstić information content (AvgIpc) is 2.89. The van der Waals surface area contributed by atoms with Crippen LogP contribution in [0.25, 0.3) is 10.9 Å². The molecule has 1 aliphatic heterocycles. The number of nitrogens with one attached hydrogen (secondary N) is 2. The minimum absolute atomic E-state index is 0.0124. The molecule has 1 aromatic carbocycles. The highest BCUT2D eigenvalue weighted by Gasteiger charge is 2.27. The first kappa shape index (κ1) is 16.0. The molecule has 3 rings (SSSR count). The minimum Gasteiger partial charge on any atom is -0.361 e. The van der Waals surface area contributed by atoms with E-state index < -0.39 is 15.9 Å². The number of amides is 1. The van der Waals surface area contributed by atoms with Crippen LogP contribution in [0.5, 0.6) is 0 Å². The van der Waals surface area contributed by atoms with E-state index >= 15 is 0 Å². The normalized spacial score (nSPS) is 21.9. The maximum Gasteiger partial charge on any atom is 0.237 e. The molecule has 0 bridgehead atoms. The fourth-order valence-corrected chi connectivity index (χ4v) is 4.71. The molecular weight excluding hydrogens is 314 g/mol. The van der Waals surface area contributed by atoms with E-state index in [1.165, 1.54) is 0 Å². The van der Waals surface area contributed by atoms with Gasteiger partial charge in [0.25, 0.3) is 0 Å². The molecule has 0 saturated carbocycles. The molecule has 23 heavy (non-hydrogen) atoms. The van der Waals surface area contributed by atoms with E-state index in [0.717, 1.165) is 16.5 Å². The molecule has 7 heteroatoms. The van der Waals surface area contributed by atoms with Crippen LogP contribution in [0, 0.1) is 0 Å². The molecule has 0 aliphatic carbocycles. The van der Waals surface area contributed by atoms with Gasteiger partial charge in [0.2, 0.25) is 5.91 Å². The number of sulfone groups is 1. The molecular formula is C16H21N3O3S. The SMILES string of the molecule is N[C@@H](Cc1c[nH]c2ccccc12)C(=O)NC1CCCS(=O)(=O)C1. The maximum absolute atomic E-state index is 12.2. The highest BCUT2D eigenvalue weighted by Crippen LogP contribution is 2.19. The Morgan fingerprint density at radius 2 is 2.17 bits per heavy atom. The summed E-state index contributed by atoms with van der Waals surface area (Å²) in [6.07, 6.45) is 3.55. The van der Waals surface area contributed by atoms with Gasteiger partial charge in [-0.25, -0.2) is 8.42 Å². The quantitative estimate of drug-likeness (QED) is 0.766. The van der Waals surface area contributed by atoms with Gasteiger partial charge < -0.3 is 16.0 Å². The monoisotopic (exact) mass is 335 g/mol. The number of benzene rings is 1. The third-order valence-corrected chi connectivity index (χ3v) is 6.08. The minimum atomic E-state index is -3.04. The topological polar surface area (TPSA) is 105 Å². The number of hydrogen-bond acceptors (Lipinski definition) is 4. The van der Waals surface area contributed by atoms with Crippen LogP contribution in [0.2, 0.25) is 0 Å². The van der Waals surface area contributed by atoms with Crippen LogP contribution in [0.1, 0.15) is 18.4 Å². The van der Waals surface area contributed by atoms with Gasteiger partial charge in [-0.2, -0.15) is 0 Å². The fourth-order valence-electron chi connectivity index (χ4n) is 3.08. The summed E-state index contributed by atoms with van der Waals surface area (Å²) in [6, 6.07) is 6.82. The molecule has 4 N–H and O–H groups in total. The smallest absolute Gasteiger partial charge is 0.237 e. The zero-order valence-electron chi connectivity index (χ0n) is 12.8. The van der Waals surface area contributed by atoms with E-state index in [-0.39, 0.29) is 23.5 Å². The zero-order chi connectivity index (χ0) is 16.4. The first-order valence-corrected chi connectivity index (χ1v) is 9.58. The molecule has 1 aromatic heterocycles. The average molecular weight is 335 g/mol. The second-order valence-electron chi connectivity index (χ2n) is 6.13. The van der Waals surface area contributed by atoms with Crippen molar-refractivity contribution in [3.63, 3.8) is 0 Å². The van der Waals surface area contributed by atoms with E-state index in [9.17, 15) is 13.2 Å². The van der Waals surface area contributed by atoms with Gasteiger partial charge in [-0.1, -0.05) is 18.2 Å². The molecule has 0 spiro atoms. The number of carbonyl (C=O) groups is 1. The Hall–Kier alpha value is -1.86. The number of H-pyrrole nitrogens is 1. The lowest BCUT2D eigenvalue weighted by molar-refractivity contribution is -0.122. The van der Waals surface area contributed by atoms with Gasteiger partial charge in [-0.3, -0.25) is 4.79 Å². The van der Waals surface area contributed by atoms with Crippen molar-refractivity contribution in [1.82, 2.24) is 10.3 Å². The molecule has 1 aliphatic rings. The van der Waals surface area contributed by atoms with Crippen LogP contribution in [0.15, 0.2) is 30.5 Å². The highest BCUT2D eigenvalue weighted by molar-refractivity contribution is 7.91. The van der Waals surface area contributed by atoms with Crippen molar-refractivity contribution in [2.24, 2.45) is 5.73 Å². The van der Waals surface area contributed by atoms with Gasteiger partial charge in [0.1, 0.15) is 0 Å². The number of fused-ring (bicyclic) bond motifs is 1. The van der Waals surface area contributed by atoms with Crippen molar-refractivity contribution in [3.8, 4) is 0 Å². The number of para-hydroxylation sites is 1. The number of rotatable bonds is 4. The summed E-state index contributed by atoms with van der Waals surface area (Å²) in [4.78, 5) is 15.4. The fraction of sp³-hybridized carbons (Fsp3) is 0.438. The van der Waals surface area contributed by atoms with Crippen LogP contribution >= 0.6 is 0 Å². The summed E-state index contributed by atoms with van der Waals surface area (Å²) < 4.78 is 23.3. The van der Waals surface area contributed by atoms with Crippen molar-refractivity contribution in [2.75, 3.05) is 11.5 Å². The summed E-state index contributed by atoms with van der Waals surface area (Å²) >= 11 is 0. The zero-order valence-corrected chi connectivity index (χ0v) is 13.6. The van der Waals surface area contributed by atoms with Gasteiger partial charge >= 0.3 is 0 Å². The van der Waals surface area contributed by atoms with Crippen LogP contribution in [-0.2, 0) is 21.1 Å². The Bertz CT molecular complexity index is 813. The van der Waals surface area contributed by atoms with Gasteiger partial charge in [0.15, 0.2) is 9.84 Å². The highest BCUT2D eigenvalue weighted by atomic mass is 32.2. The Labute approximate surface area is 135 Å². The molecule has 2 aromatic rings. The second kappa shape index (κ2) is 6.33. The van der Waals surface area contributed by atoms with Crippen LogP contribution < -0.4 is 11.1 Å². The van der Waals surface area contributed by atoms with Crippen molar-refractivity contribution in [2.45, 2.75) is 31.3 Å². The number of nitrogens with two attached hydrogens (primary N) is 1. The summed E-state index contributed by atoms with van der Waals surface area (Å²) in [6.45, 7) is 0. The van der Waals surface area contributed by atoms with Crippen LogP contribution in [0.4, 0.5) is 0 Å². The third-order valence-electron chi connectivity index (χ3n) is 4.26. The van der Waals surface area contributed by atoms with Crippen LogP contribution in [-0.4, -0.2) is 42.9 Å². The summed E-state index contributed by atoms with van der Waals surface area (Å²) in [5.74, 6) is -0.0726. The van der Waals surface area contributed by atoms with Crippen molar-refractivity contribution >= 4 is 26.6 Å². The van der Waals surface area contributed by atoms with E-state index in [1.807, 2.05) is 30.5 Å². The summed E-state index contributed by atoms with van der Waals surface area (Å²) in [7, 11) is -3.04. The van der Waals surface area contributed by atoms with E-state index in [0.29, 0.717) is 19.3 Å². The lowest BCUT2D eigenvalue weighted by atomic mass is 10.0. The third kappa shape index (κ3) is 3.73. The van der Waals surface area contributed by atoms with E-state index in [2.05, 4.69) is 10.3 Å². The lowest BCUT2D eigenvalue weighted by Gasteiger charge is -2.24. The van der Waals surface area contributed by atoms with Crippen molar-refractivity contribution in [3.05, 3.63) is 36.0 Å². The van der Waals surface area contributed by atoms with E-state index in [1.54, 1.807) is 0 Å². The Kier molecular flexibility index (Phi) is 4.41. The largest absolute Gasteiger partial charge is 0.361 e. The van der Waals surface area contributed by atoms with E-state index in [4.69, 9.17) is 5.73 Å². The molecule has 2 atom stereocenters. The molecule has 1 fully saturated rings. The molecule has 1 amide bonds. The molecule has 1 saturated heterocycles. The van der Waals surface area contributed by atoms with Crippen LogP contribution in [0.3, 0.4) is 0 Å². The Balaban J connectivity index is 1.63. The predicted octanol–water partition coefficient (Wildman–Crippen LogP) is 0.731. The van der Waals surface area contributed by atoms with Gasteiger partial charge in [0.05, 0.1) is 17.5 Å². The lowest BCUT2D eigenvalue weighted by Crippen LogP contribution is -2.50. The first-order valence-electron chi connectivity index (χ1n) is 7.76. The molecule has 2 heterocycles.